The molecule has 0 bridgehead atoms. The van der Waals surface area contributed by atoms with Crippen molar-refractivity contribution in [2.45, 2.75) is 25.3 Å². The highest BCUT2D eigenvalue weighted by molar-refractivity contribution is 5.93. The number of ether oxygens (including phenoxy) is 1. The molecule has 0 spiro atoms. The monoisotopic (exact) mass is 355 g/mol. The van der Waals surface area contributed by atoms with E-state index in [1.165, 1.54) is 0 Å². The Labute approximate surface area is 153 Å². The number of hydrogen-bond donors (Lipinski definition) is 1. The molecule has 1 aromatic carbocycles. The van der Waals surface area contributed by atoms with Gasteiger partial charge in [-0.05, 0) is 38.3 Å². The third-order valence-corrected chi connectivity index (χ3v) is 5.42. The number of carbonyl (C=O) groups excluding carboxylic acids is 1. The van der Waals surface area contributed by atoms with E-state index in [-0.39, 0.29) is 5.91 Å². The van der Waals surface area contributed by atoms with Gasteiger partial charge in [-0.3, -0.25) is 9.69 Å². The van der Waals surface area contributed by atoms with E-state index in [1.54, 1.807) is 6.07 Å². The van der Waals surface area contributed by atoms with Crippen LogP contribution < -0.4 is 5.32 Å². The Bertz CT molecular complexity index is 717. The number of nitrogens with zero attached hydrogens (tertiary/aromatic N) is 2. The molecule has 1 unspecified atom stereocenters. The molecule has 2 fully saturated rings. The first-order valence-electron chi connectivity index (χ1n) is 9.42. The molecule has 4 rings (SSSR count). The van der Waals surface area contributed by atoms with Gasteiger partial charge in [0.1, 0.15) is 0 Å². The number of rotatable bonds is 5. The second-order valence-corrected chi connectivity index (χ2v) is 7.15. The molecule has 6 heteroatoms. The van der Waals surface area contributed by atoms with Gasteiger partial charge in [0.2, 0.25) is 0 Å². The Hall–Kier alpha value is -2.18. The molecule has 0 radical (unpaired) electrons. The van der Waals surface area contributed by atoms with Crippen LogP contribution in [-0.2, 0) is 4.74 Å². The Morgan fingerprint density at radius 1 is 1.19 bits per heavy atom. The lowest BCUT2D eigenvalue weighted by Gasteiger charge is -2.35. The van der Waals surface area contributed by atoms with Crippen molar-refractivity contribution in [1.82, 2.24) is 15.4 Å². The van der Waals surface area contributed by atoms with E-state index >= 15 is 0 Å². The predicted octanol–water partition coefficient (Wildman–Crippen LogP) is 2.57. The molecule has 0 aliphatic carbocycles. The van der Waals surface area contributed by atoms with Crippen molar-refractivity contribution in [1.29, 1.82) is 0 Å². The van der Waals surface area contributed by atoms with Gasteiger partial charge in [0, 0.05) is 30.8 Å². The summed E-state index contributed by atoms with van der Waals surface area (Å²) in [5.41, 5.74) is 1.26. The van der Waals surface area contributed by atoms with Gasteiger partial charge in [-0.2, -0.15) is 0 Å². The summed E-state index contributed by atoms with van der Waals surface area (Å²) in [6.45, 7) is 4.65. The SMILES string of the molecule is O=C(NCC1CCN(C2CCOC2)CC1)c1cc(-c2ccccc2)on1. The summed E-state index contributed by atoms with van der Waals surface area (Å²) >= 11 is 0. The van der Waals surface area contributed by atoms with Crippen LogP contribution in [-0.4, -0.2) is 54.9 Å². The molecular formula is C20H25N3O3. The van der Waals surface area contributed by atoms with Crippen molar-refractivity contribution in [3.8, 4) is 11.3 Å². The number of hydrogen-bond acceptors (Lipinski definition) is 5. The third kappa shape index (κ3) is 3.97. The summed E-state index contributed by atoms with van der Waals surface area (Å²) in [6, 6.07) is 12.0. The van der Waals surface area contributed by atoms with Gasteiger partial charge in [0.05, 0.1) is 6.61 Å². The Kier molecular flexibility index (Phi) is 5.32. The second-order valence-electron chi connectivity index (χ2n) is 7.15. The van der Waals surface area contributed by atoms with Crippen molar-refractivity contribution in [3.63, 3.8) is 0 Å². The highest BCUT2D eigenvalue weighted by Gasteiger charge is 2.27. The van der Waals surface area contributed by atoms with E-state index in [4.69, 9.17) is 9.26 Å². The molecule has 2 saturated heterocycles. The van der Waals surface area contributed by atoms with Gasteiger partial charge >= 0.3 is 0 Å². The number of likely N-dealkylation sites (tertiary alicyclic amines) is 1. The highest BCUT2D eigenvalue weighted by Crippen LogP contribution is 2.22. The molecule has 1 aromatic heterocycles. The van der Waals surface area contributed by atoms with Gasteiger partial charge in [-0.15, -0.1) is 0 Å². The molecule has 6 nitrogen and oxygen atoms in total. The summed E-state index contributed by atoms with van der Waals surface area (Å²) in [6.07, 6.45) is 3.38. The van der Waals surface area contributed by atoms with Crippen molar-refractivity contribution >= 4 is 5.91 Å². The van der Waals surface area contributed by atoms with E-state index in [2.05, 4.69) is 15.4 Å². The quantitative estimate of drug-likeness (QED) is 0.893. The lowest BCUT2D eigenvalue weighted by Crippen LogP contribution is -2.44. The maximum Gasteiger partial charge on any atom is 0.273 e. The normalized spacial score (nSPS) is 21.8. The smallest absolute Gasteiger partial charge is 0.273 e. The molecule has 138 valence electrons. The first-order chi connectivity index (χ1) is 12.8. The summed E-state index contributed by atoms with van der Waals surface area (Å²) in [5.74, 6) is 0.975. The fourth-order valence-corrected chi connectivity index (χ4v) is 3.78. The summed E-state index contributed by atoms with van der Waals surface area (Å²) in [7, 11) is 0. The minimum atomic E-state index is -0.164. The van der Waals surface area contributed by atoms with Crippen LogP contribution >= 0.6 is 0 Å². The fraction of sp³-hybridized carbons (Fsp3) is 0.500. The molecule has 1 amide bonds. The van der Waals surface area contributed by atoms with Crippen LogP contribution in [0.4, 0.5) is 0 Å². The van der Waals surface area contributed by atoms with Gasteiger partial charge in [-0.1, -0.05) is 35.5 Å². The van der Waals surface area contributed by atoms with Gasteiger partial charge in [-0.25, -0.2) is 0 Å². The van der Waals surface area contributed by atoms with Crippen LogP contribution in [0.15, 0.2) is 40.9 Å². The molecule has 3 heterocycles. The van der Waals surface area contributed by atoms with E-state index in [0.717, 1.165) is 51.1 Å². The number of benzene rings is 1. The van der Waals surface area contributed by atoms with Crippen molar-refractivity contribution in [2.24, 2.45) is 5.92 Å². The predicted molar refractivity (Wildman–Crippen MR) is 97.8 cm³/mol. The zero-order valence-corrected chi connectivity index (χ0v) is 14.9. The first kappa shape index (κ1) is 17.2. The van der Waals surface area contributed by atoms with Crippen LogP contribution in [0.1, 0.15) is 29.8 Å². The molecule has 0 saturated carbocycles. The largest absolute Gasteiger partial charge is 0.380 e. The topological polar surface area (TPSA) is 67.6 Å². The van der Waals surface area contributed by atoms with Crippen LogP contribution in [0.25, 0.3) is 11.3 Å². The van der Waals surface area contributed by atoms with E-state index in [1.807, 2.05) is 30.3 Å². The van der Waals surface area contributed by atoms with Crippen molar-refractivity contribution in [2.75, 3.05) is 32.8 Å². The minimum absolute atomic E-state index is 0.164. The number of carbonyl (C=O) groups is 1. The van der Waals surface area contributed by atoms with Crippen molar-refractivity contribution < 1.29 is 14.1 Å². The molecular weight excluding hydrogens is 330 g/mol. The van der Waals surface area contributed by atoms with Crippen LogP contribution in [0, 0.1) is 5.92 Å². The molecule has 26 heavy (non-hydrogen) atoms. The number of amides is 1. The van der Waals surface area contributed by atoms with Crippen LogP contribution in [0.3, 0.4) is 0 Å². The Morgan fingerprint density at radius 2 is 2.00 bits per heavy atom. The molecule has 2 aromatic rings. The average molecular weight is 355 g/mol. The van der Waals surface area contributed by atoms with E-state index < -0.39 is 0 Å². The summed E-state index contributed by atoms with van der Waals surface area (Å²) < 4.78 is 10.8. The van der Waals surface area contributed by atoms with Crippen molar-refractivity contribution in [3.05, 3.63) is 42.1 Å². The maximum atomic E-state index is 12.3. The zero-order valence-electron chi connectivity index (χ0n) is 14.9. The summed E-state index contributed by atoms with van der Waals surface area (Å²) in [4.78, 5) is 14.9. The van der Waals surface area contributed by atoms with E-state index in [9.17, 15) is 4.79 Å². The van der Waals surface area contributed by atoms with Gasteiger partial charge in [0.25, 0.3) is 5.91 Å². The number of aromatic nitrogens is 1. The Morgan fingerprint density at radius 3 is 2.73 bits per heavy atom. The van der Waals surface area contributed by atoms with E-state index in [0.29, 0.717) is 30.0 Å². The zero-order chi connectivity index (χ0) is 17.8. The molecule has 1 atom stereocenters. The minimum Gasteiger partial charge on any atom is -0.380 e. The lowest BCUT2D eigenvalue weighted by atomic mass is 9.95. The number of piperidine rings is 1. The third-order valence-electron chi connectivity index (χ3n) is 5.42. The lowest BCUT2D eigenvalue weighted by molar-refractivity contribution is 0.0903. The average Bonchev–Trinajstić information content (AvgIpc) is 3.39. The summed E-state index contributed by atoms with van der Waals surface area (Å²) in [5, 5.41) is 6.92. The fourth-order valence-electron chi connectivity index (χ4n) is 3.78. The number of nitrogens with one attached hydrogen (secondary N) is 1. The second kappa shape index (κ2) is 8.01. The molecule has 2 aliphatic heterocycles. The highest BCUT2D eigenvalue weighted by atomic mass is 16.5. The first-order valence-corrected chi connectivity index (χ1v) is 9.42. The maximum absolute atomic E-state index is 12.3. The molecule has 1 N–H and O–H groups in total. The van der Waals surface area contributed by atoms with Crippen LogP contribution in [0.5, 0.6) is 0 Å². The van der Waals surface area contributed by atoms with Gasteiger partial charge < -0.3 is 14.6 Å². The van der Waals surface area contributed by atoms with Gasteiger partial charge in [0.15, 0.2) is 11.5 Å². The standard InChI is InChI=1S/C20H25N3O3/c24-20(18-12-19(26-22-18)16-4-2-1-3-5-16)21-13-15-6-9-23(10-7-15)17-8-11-25-14-17/h1-5,12,15,17H,6-11,13-14H2,(H,21,24). The Balaban J connectivity index is 1.25. The van der Waals surface area contributed by atoms with Crippen LogP contribution in [0.2, 0.25) is 0 Å². The molecule has 2 aliphatic rings.